The summed E-state index contributed by atoms with van der Waals surface area (Å²) in [7, 11) is 0. The van der Waals surface area contributed by atoms with Crippen molar-refractivity contribution in [1.82, 2.24) is 0 Å². The summed E-state index contributed by atoms with van der Waals surface area (Å²) in [6.07, 6.45) is 7.89. The SMILES string of the molecule is S=C1C=CCCC=N1. The molecule has 0 fully saturated rings. The van der Waals surface area contributed by atoms with Gasteiger partial charge < -0.3 is 0 Å². The van der Waals surface area contributed by atoms with E-state index < -0.39 is 0 Å². The summed E-state index contributed by atoms with van der Waals surface area (Å²) < 4.78 is 0. The van der Waals surface area contributed by atoms with Crippen LogP contribution in [0.3, 0.4) is 0 Å². The molecule has 0 radical (unpaired) electrons. The van der Waals surface area contributed by atoms with E-state index in [4.69, 9.17) is 12.2 Å². The van der Waals surface area contributed by atoms with Gasteiger partial charge in [0, 0.05) is 6.21 Å². The van der Waals surface area contributed by atoms with Gasteiger partial charge in [-0.15, -0.1) is 0 Å². The highest BCUT2D eigenvalue weighted by molar-refractivity contribution is 7.80. The molecule has 0 N–H and O–H groups in total. The van der Waals surface area contributed by atoms with Gasteiger partial charge in [-0.05, 0) is 18.9 Å². The molecule has 0 amide bonds. The molecular formula is C6H7NS. The number of rotatable bonds is 0. The lowest BCUT2D eigenvalue weighted by atomic mass is 10.3. The lowest BCUT2D eigenvalue weighted by Gasteiger charge is -1.77. The lowest BCUT2D eigenvalue weighted by Crippen LogP contribution is -1.78. The van der Waals surface area contributed by atoms with Gasteiger partial charge in [0.1, 0.15) is 4.99 Å². The number of hydrogen-bond donors (Lipinski definition) is 0. The van der Waals surface area contributed by atoms with Crippen molar-refractivity contribution in [2.45, 2.75) is 12.8 Å². The zero-order valence-electron chi connectivity index (χ0n) is 4.50. The summed E-state index contributed by atoms with van der Waals surface area (Å²) in [6.45, 7) is 0. The molecule has 0 aromatic rings. The third-order valence-electron chi connectivity index (χ3n) is 0.941. The van der Waals surface area contributed by atoms with Gasteiger partial charge in [0.05, 0.1) is 0 Å². The first kappa shape index (κ1) is 5.63. The van der Waals surface area contributed by atoms with E-state index in [0.29, 0.717) is 4.99 Å². The molecule has 8 heavy (non-hydrogen) atoms. The van der Waals surface area contributed by atoms with Gasteiger partial charge in [0.2, 0.25) is 0 Å². The highest BCUT2D eigenvalue weighted by atomic mass is 32.1. The van der Waals surface area contributed by atoms with Crippen molar-refractivity contribution >= 4 is 23.4 Å². The van der Waals surface area contributed by atoms with Crippen molar-refractivity contribution in [3.8, 4) is 0 Å². The summed E-state index contributed by atoms with van der Waals surface area (Å²) >= 11 is 4.81. The van der Waals surface area contributed by atoms with Crippen LogP contribution in [0, 0.1) is 0 Å². The minimum Gasteiger partial charge on any atom is -0.250 e. The second kappa shape index (κ2) is 2.72. The molecule has 0 bridgehead atoms. The first-order valence-corrected chi connectivity index (χ1v) is 3.03. The van der Waals surface area contributed by atoms with E-state index in [1.165, 1.54) is 0 Å². The highest BCUT2D eigenvalue weighted by Crippen LogP contribution is 1.95. The van der Waals surface area contributed by atoms with E-state index in [2.05, 4.69) is 11.1 Å². The average Bonchev–Trinajstić information content (AvgIpc) is 1.94. The van der Waals surface area contributed by atoms with Crippen LogP contribution in [0.2, 0.25) is 0 Å². The van der Waals surface area contributed by atoms with Crippen LogP contribution in [0.5, 0.6) is 0 Å². The number of allylic oxidation sites excluding steroid dienone is 1. The molecule has 0 atom stereocenters. The standard InChI is InChI=1S/C6H7NS/c8-6-4-2-1-3-5-7-6/h2,4-5H,1,3H2. The summed E-state index contributed by atoms with van der Waals surface area (Å²) in [5, 5.41) is 0. The van der Waals surface area contributed by atoms with Gasteiger partial charge in [-0.1, -0.05) is 18.3 Å². The fourth-order valence-corrected chi connectivity index (χ4v) is 0.723. The van der Waals surface area contributed by atoms with E-state index in [1.807, 2.05) is 12.3 Å². The van der Waals surface area contributed by atoms with E-state index >= 15 is 0 Å². The summed E-state index contributed by atoms with van der Waals surface area (Å²) in [5.74, 6) is 0. The van der Waals surface area contributed by atoms with Gasteiger partial charge in [0.25, 0.3) is 0 Å². The van der Waals surface area contributed by atoms with Gasteiger partial charge in [0.15, 0.2) is 0 Å². The maximum atomic E-state index is 4.81. The Bertz CT molecular complexity index is 131. The lowest BCUT2D eigenvalue weighted by molar-refractivity contribution is 1.13. The Balaban J connectivity index is 2.64. The van der Waals surface area contributed by atoms with Gasteiger partial charge in [-0.2, -0.15) is 0 Å². The van der Waals surface area contributed by atoms with E-state index in [0.717, 1.165) is 12.8 Å². The van der Waals surface area contributed by atoms with E-state index in [1.54, 1.807) is 0 Å². The van der Waals surface area contributed by atoms with Crippen LogP contribution < -0.4 is 0 Å². The molecule has 2 heteroatoms. The molecule has 0 saturated heterocycles. The first-order chi connectivity index (χ1) is 3.89. The van der Waals surface area contributed by atoms with E-state index in [-0.39, 0.29) is 0 Å². The normalized spacial score (nSPS) is 18.8. The van der Waals surface area contributed by atoms with Crippen molar-refractivity contribution in [2.75, 3.05) is 0 Å². The molecule has 42 valence electrons. The minimum atomic E-state index is 0.697. The Hall–Kier alpha value is -0.500. The molecular weight excluding hydrogens is 118 g/mol. The smallest absolute Gasteiger partial charge is 0.125 e. The fraction of sp³-hybridized carbons (Fsp3) is 0.333. The van der Waals surface area contributed by atoms with Gasteiger partial charge >= 0.3 is 0 Å². The zero-order valence-corrected chi connectivity index (χ0v) is 5.32. The molecule has 0 aromatic carbocycles. The molecule has 1 aliphatic heterocycles. The first-order valence-electron chi connectivity index (χ1n) is 2.62. The fourth-order valence-electron chi connectivity index (χ4n) is 0.552. The highest BCUT2D eigenvalue weighted by Gasteiger charge is 1.87. The van der Waals surface area contributed by atoms with E-state index in [9.17, 15) is 0 Å². The maximum Gasteiger partial charge on any atom is 0.125 e. The molecule has 1 rings (SSSR count). The minimum absolute atomic E-state index is 0.697. The molecule has 0 saturated carbocycles. The molecule has 0 aliphatic carbocycles. The third-order valence-corrected chi connectivity index (χ3v) is 1.18. The molecule has 1 nitrogen and oxygen atoms in total. The van der Waals surface area contributed by atoms with Crippen LogP contribution in [0.1, 0.15) is 12.8 Å². The Morgan fingerprint density at radius 3 is 3.25 bits per heavy atom. The Morgan fingerprint density at radius 2 is 2.38 bits per heavy atom. The quantitative estimate of drug-likeness (QED) is 0.449. The van der Waals surface area contributed by atoms with Crippen LogP contribution in [0.15, 0.2) is 17.1 Å². The van der Waals surface area contributed by atoms with Gasteiger partial charge in [-0.25, -0.2) is 4.99 Å². The molecule has 0 spiro atoms. The Morgan fingerprint density at radius 1 is 1.50 bits per heavy atom. The number of aliphatic imine (C=N–C) groups is 1. The number of hydrogen-bond acceptors (Lipinski definition) is 1. The predicted octanol–water partition coefficient (Wildman–Crippen LogP) is 1.73. The topological polar surface area (TPSA) is 12.4 Å². The second-order valence-electron chi connectivity index (χ2n) is 1.63. The maximum absolute atomic E-state index is 4.81. The Labute approximate surface area is 54.1 Å². The summed E-state index contributed by atoms with van der Waals surface area (Å²) in [6, 6.07) is 0. The van der Waals surface area contributed by atoms with Crippen molar-refractivity contribution in [2.24, 2.45) is 4.99 Å². The molecule has 0 unspecified atom stereocenters. The second-order valence-corrected chi connectivity index (χ2v) is 2.05. The van der Waals surface area contributed by atoms with Gasteiger partial charge in [-0.3, -0.25) is 0 Å². The largest absolute Gasteiger partial charge is 0.250 e. The van der Waals surface area contributed by atoms with Crippen molar-refractivity contribution < 1.29 is 0 Å². The summed E-state index contributed by atoms with van der Waals surface area (Å²) in [5.41, 5.74) is 0. The number of nitrogens with zero attached hydrogens (tertiary/aromatic N) is 1. The van der Waals surface area contributed by atoms with Crippen LogP contribution >= 0.6 is 12.2 Å². The van der Waals surface area contributed by atoms with Crippen LogP contribution in [-0.2, 0) is 0 Å². The zero-order chi connectivity index (χ0) is 5.82. The van der Waals surface area contributed by atoms with Crippen LogP contribution in [0.4, 0.5) is 0 Å². The molecule has 1 heterocycles. The Kier molecular flexibility index (Phi) is 1.92. The average molecular weight is 125 g/mol. The van der Waals surface area contributed by atoms with Crippen molar-refractivity contribution in [3.63, 3.8) is 0 Å². The van der Waals surface area contributed by atoms with Crippen molar-refractivity contribution in [1.29, 1.82) is 0 Å². The predicted molar refractivity (Wildman–Crippen MR) is 39.5 cm³/mol. The number of thiocarbonyl (C=S) groups is 1. The summed E-state index contributed by atoms with van der Waals surface area (Å²) in [4.78, 5) is 4.64. The third kappa shape index (κ3) is 1.54. The van der Waals surface area contributed by atoms with Crippen molar-refractivity contribution in [3.05, 3.63) is 12.2 Å². The molecule has 1 aliphatic rings. The monoisotopic (exact) mass is 125 g/mol. The molecule has 0 aromatic heterocycles. The van der Waals surface area contributed by atoms with Crippen LogP contribution in [-0.4, -0.2) is 11.2 Å². The van der Waals surface area contributed by atoms with Crippen LogP contribution in [0.25, 0.3) is 0 Å².